The smallest absolute Gasteiger partial charge is 0.306 e. The number of unbranched alkanes of at least 4 members (excludes halogenated alkanes) is 36. The molecule has 0 spiro atoms. The average molecular weight is 887 g/mol. The maximum atomic E-state index is 12.8. The predicted octanol–water partition coefficient (Wildman–Crippen LogP) is 18.3. The average Bonchev–Trinajstić information content (AvgIpc) is 3.28. The molecule has 6 nitrogen and oxygen atoms in total. The van der Waals surface area contributed by atoms with Crippen molar-refractivity contribution in [3.05, 3.63) is 24.3 Å². The fraction of sp³-hybridized carbons (Fsp3) is 0.877. The minimum Gasteiger partial charge on any atom is -0.462 e. The van der Waals surface area contributed by atoms with Gasteiger partial charge < -0.3 is 14.2 Å². The number of allylic oxidation sites excluding steroid dienone is 4. The lowest BCUT2D eigenvalue weighted by Gasteiger charge is -2.18. The van der Waals surface area contributed by atoms with Crippen LogP contribution in [0.3, 0.4) is 0 Å². The fourth-order valence-corrected chi connectivity index (χ4v) is 8.24. The fourth-order valence-electron chi connectivity index (χ4n) is 8.24. The maximum absolute atomic E-state index is 12.8. The second-order valence-corrected chi connectivity index (χ2v) is 18.9. The molecule has 370 valence electrons. The first-order chi connectivity index (χ1) is 31.0. The highest BCUT2D eigenvalue weighted by molar-refractivity contribution is 5.71. The molecule has 0 rings (SSSR count). The van der Waals surface area contributed by atoms with Crippen molar-refractivity contribution in [1.82, 2.24) is 0 Å². The van der Waals surface area contributed by atoms with Gasteiger partial charge in [-0.2, -0.15) is 0 Å². The number of hydrogen-bond donors (Lipinski definition) is 0. The van der Waals surface area contributed by atoms with Crippen molar-refractivity contribution in [1.29, 1.82) is 0 Å². The van der Waals surface area contributed by atoms with Crippen LogP contribution < -0.4 is 0 Å². The van der Waals surface area contributed by atoms with Crippen LogP contribution in [-0.4, -0.2) is 37.2 Å². The highest BCUT2D eigenvalue weighted by Gasteiger charge is 2.19. The Hall–Kier alpha value is -2.11. The Balaban J connectivity index is 4.33. The summed E-state index contributed by atoms with van der Waals surface area (Å²) in [7, 11) is 0. The summed E-state index contributed by atoms with van der Waals surface area (Å²) in [5, 5.41) is 0. The van der Waals surface area contributed by atoms with E-state index in [-0.39, 0.29) is 31.1 Å². The van der Waals surface area contributed by atoms with Crippen molar-refractivity contribution >= 4 is 17.9 Å². The third-order valence-corrected chi connectivity index (χ3v) is 12.5. The van der Waals surface area contributed by atoms with E-state index in [2.05, 4.69) is 45.1 Å². The van der Waals surface area contributed by atoms with E-state index in [4.69, 9.17) is 14.2 Å². The first-order valence-corrected chi connectivity index (χ1v) is 27.8. The largest absolute Gasteiger partial charge is 0.462 e. The van der Waals surface area contributed by atoms with Crippen LogP contribution in [0.25, 0.3) is 0 Å². The van der Waals surface area contributed by atoms with E-state index in [1.807, 2.05) is 0 Å². The molecule has 0 aliphatic rings. The van der Waals surface area contributed by atoms with E-state index in [9.17, 15) is 14.4 Å². The Morgan fingerprint density at radius 1 is 0.317 bits per heavy atom. The number of rotatable bonds is 51. The minimum atomic E-state index is -0.768. The summed E-state index contributed by atoms with van der Waals surface area (Å²) in [5.74, 6) is -0.857. The number of esters is 3. The molecule has 0 heterocycles. The van der Waals surface area contributed by atoms with Gasteiger partial charge in [0.2, 0.25) is 0 Å². The van der Waals surface area contributed by atoms with Crippen LogP contribution in [0.5, 0.6) is 0 Å². The van der Waals surface area contributed by atoms with Gasteiger partial charge in [0.1, 0.15) is 13.2 Å². The molecule has 0 aromatic carbocycles. The molecule has 0 aromatic rings. The van der Waals surface area contributed by atoms with Crippen LogP contribution in [0, 0.1) is 0 Å². The van der Waals surface area contributed by atoms with Crippen molar-refractivity contribution in [2.75, 3.05) is 13.2 Å². The van der Waals surface area contributed by atoms with E-state index >= 15 is 0 Å². The van der Waals surface area contributed by atoms with Gasteiger partial charge in [-0.05, 0) is 51.4 Å². The van der Waals surface area contributed by atoms with Crippen molar-refractivity contribution < 1.29 is 28.6 Å². The summed E-state index contributed by atoms with van der Waals surface area (Å²) >= 11 is 0. The van der Waals surface area contributed by atoms with Crippen molar-refractivity contribution in [3.8, 4) is 0 Å². The number of carbonyl (C=O) groups excluding carboxylic acids is 3. The van der Waals surface area contributed by atoms with Gasteiger partial charge in [-0.15, -0.1) is 0 Å². The summed E-state index contributed by atoms with van der Waals surface area (Å²) in [6, 6.07) is 0. The van der Waals surface area contributed by atoms with Crippen LogP contribution in [-0.2, 0) is 28.6 Å². The van der Waals surface area contributed by atoms with Gasteiger partial charge >= 0.3 is 17.9 Å². The Labute approximate surface area is 392 Å². The molecule has 0 aliphatic heterocycles. The second-order valence-electron chi connectivity index (χ2n) is 18.9. The van der Waals surface area contributed by atoms with E-state index in [1.165, 1.54) is 193 Å². The van der Waals surface area contributed by atoms with Crippen molar-refractivity contribution in [3.63, 3.8) is 0 Å². The molecule has 0 bridgehead atoms. The van der Waals surface area contributed by atoms with Crippen LogP contribution in [0.15, 0.2) is 24.3 Å². The topological polar surface area (TPSA) is 78.9 Å². The van der Waals surface area contributed by atoms with Gasteiger partial charge in [-0.3, -0.25) is 14.4 Å². The molecule has 1 atom stereocenters. The SMILES string of the molecule is CCCCC/C=C/C/C=C/CCCCCCCCCC(=O)OC[C@@H](COC(=O)CCCCCCCCCCCCCCCC)OC(=O)CCCCCCCCCCCCCCCC. The number of ether oxygens (including phenoxy) is 3. The van der Waals surface area contributed by atoms with Gasteiger partial charge in [-0.1, -0.05) is 257 Å². The zero-order valence-electron chi connectivity index (χ0n) is 42.4. The molecule has 6 heteroatoms. The Morgan fingerprint density at radius 2 is 0.571 bits per heavy atom. The zero-order valence-corrected chi connectivity index (χ0v) is 42.4. The standard InChI is InChI=1S/C57H106O6/c1-4-7-10-13-16-19-22-25-28-29-30-33-35-38-41-44-47-50-56(59)62-53-54(63-57(60)51-48-45-42-39-36-32-27-24-21-18-15-12-9-6-3)52-61-55(58)49-46-43-40-37-34-31-26-23-20-17-14-11-8-5-2/h16,19,25,28,54H,4-15,17-18,20-24,26-27,29-53H2,1-3H3/b19-16+,28-25+/t54-/m1/s1. The molecule has 0 aliphatic carbocycles. The molecule has 0 radical (unpaired) electrons. The second kappa shape index (κ2) is 52.5. The summed E-state index contributed by atoms with van der Waals surface area (Å²) in [4.78, 5) is 38.1. The Morgan fingerprint density at radius 3 is 0.905 bits per heavy atom. The monoisotopic (exact) mass is 887 g/mol. The van der Waals surface area contributed by atoms with Crippen molar-refractivity contribution in [2.24, 2.45) is 0 Å². The lowest BCUT2D eigenvalue weighted by molar-refractivity contribution is -0.167. The van der Waals surface area contributed by atoms with E-state index in [0.29, 0.717) is 19.3 Å². The number of hydrogen-bond acceptors (Lipinski definition) is 6. The normalized spacial score (nSPS) is 12.1. The molecule has 0 aromatic heterocycles. The lowest BCUT2D eigenvalue weighted by atomic mass is 10.0. The van der Waals surface area contributed by atoms with E-state index in [1.54, 1.807) is 0 Å². The molecule has 0 N–H and O–H groups in total. The summed E-state index contributed by atoms with van der Waals surface area (Å²) in [6.45, 7) is 6.65. The summed E-state index contributed by atoms with van der Waals surface area (Å²) in [6.07, 6.45) is 60.1. The van der Waals surface area contributed by atoms with Gasteiger partial charge in [0, 0.05) is 19.3 Å². The Kier molecular flexibility index (Phi) is 50.8. The number of carbonyl (C=O) groups is 3. The molecular weight excluding hydrogens is 781 g/mol. The third kappa shape index (κ3) is 50.7. The van der Waals surface area contributed by atoms with Gasteiger partial charge in [0.15, 0.2) is 6.10 Å². The Bertz CT molecular complexity index is 1020. The van der Waals surface area contributed by atoms with Crippen LogP contribution >= 0.6 is 0 Å². The van der Waals surface area contributed by atoms with E-state index in [0.717, 1.165) is 70.6 Å². The molecule has 0 saturated carbocycles. The highest BCUT2D eigenvalue weighted by atomic mass is 16.6. The lowest BCUT2D eigenvalue weighted by Crippen LogP contribution is -2.30. The summed E-state index contributed by atoms with van der Waals surface area (Å²) in [5.41, 5.74) is 0. The molecule has 0 saturated heterocycles. The van der Waals surface area contributed by atoms with Crippen LogP contribution in [0.1, 0.15) is 303 Å². The molecule has 0 fully saturated rings. The van der Waals surface area contributed by atoms with Crippen LogP contribution in [0.4, 0.5) is 0 Å². The molecule has 0 unspecified atom stereocenters. The minimum absolute atomic E-state index is 0.0683. The van der Waals surface area contributed by atoms with Gasteiger partial charge in [0.05, 0.1) is 0 Å². The van der Waals surface area contributed by atoms with Gasteiger partial charge in [-0.25, -0.2) is 0 Å². The van der Waals surface area contributed by atoms with E-state index < -0.39 is 6.10 Å². The van der Waals surface area contributed by atoms with Crippen LogP contribution in [0.2, 0.25) is 0 Å². The quantitative estimate of drug-likeness (QED) is 0.0262. The zero-order chi connectivity index (χ0) is 45.8. The highest BCUT2D eigenvalue weighted by Crippen LogP contribution is 2.16. The maximum Gasteiger partial charge on any atom is 0.306 e. The first-order valence-electron chi connectivity index (χ1n) is 27.8. The van der Waals surface area contributed by atoms with Gasteiger partial charge in [0.25, 0.3) is 0 Å². The first kappa shape index (κ1) is 60.9. The molecule has 63 heavy (non-hydrogen) atoms. The predicted molar refractivity (Wildman–Crippen MR) is 270 cm³/mol. The molecular formula is C57H106O6. The third-order valence-electron chi connectivity index (χ3n) is 12.5. The molecule has 0 amide bonds. The van der Waals surface area contributed by atoms with Crippen molar-refractivity contribution in [2.45, 2.75) is 309 Å². The summed E-state index contributed by atoms with van der Waals surface area (Å²) < 4.78 is 16.9.